The Morgan fingerprint density at radius 1 is 1.00 bits per heavy atom. The van der Waals surface area contributed by atoms with E-state index in [1.54, 1.807) is 14.5 Å². The van der Waals surface area contributed by atoms with Gasteiger partial charge in [-0.1, -0.05) is 18.2 Å². The number of amides is 2. The molecule has 7 heteroatoms. The van der Waals surface area contributed by atoms with Gasteiger partial charge in [0.1, 0.15) is 11.3 Å². The molecule has 0 bridgehead atoms. The Balaban J connectivity index is 1.49. The lowest BCUT2D eigenvalue weighted by Crippen LogP contribution is -2.51. The first kappa shape index (κ1) is 19.5. The fourth-order valence-corrected chi connectivity index (χ4v) is 3.48. The van der Waals surface area contributed by atoms with Gasteiger partial charge in [0, 0.05) is 32.1 Å². The van der Waals surface area contributed by atoms with Gasteiger partial charge in [0.15, 0.2) is 0 Å². The SMILES string of the molecule is CC(C)(C)OC(=O)N1CCN(C(=O)c2cc(C3CC3)nn2-c2ccccc2)CC1. The summed E-state index contributed by atoms with van der Waals surface area (Å²) in [6.07, 6.45) is 1.94. The van der Waals surface area contributed by atoms with Gasteiger partial charge in [-0.25, -0.2) is 9.48 Å². The Morgan fingerprint density at radius 3 is 2.21 bits per heavy atom. The van der Waals surface area contributed by atoms with E-state index in [4.69, 9.17) is 9.84 Å². The molecule has 0 unspecified atom stereocenters. The number of hydrogen-bond acceptors (Lipinski definition) is 4. The molecule has 0 radical (unpaired) electrons. The zero-order valence-electron chi connectivity index (χ0n) is 17.3. The molecule has 154 valence electrons. The predicted octanol–water partition coefficient (Wildman–Crippen LogP) is 3.44. The number of ether oxygens (including phenoxy) is 1. The molecule has 0 spiro atoms. The standard InChI is InChI=1S/C22H28N4O3/c1-22(2,3)29-21(28)25-13-11-24(12-14-25)20(27)19-15-18(16-9-10-16)23-26(19)17-7-5-4-6-8-17/h4-8,15-16H,9-14H2,1-3H3. The highest BCUT2D eigenvalue weighted by molar-refractivity contribution is 5.93. The highest BCUT2D eigenvalue weighted by Gasteiger charge is 2.32. The second-order valence-electron chi connectivity index (χ2n) is 8.74. The summed E-state index contributed by atoms with van der Waals surface area (Å²) in [6, 6.07) is 11.7. The molecule has 2 heterocycles. The molecule has 2 amide bonds. The molecule has 1 aromatic heterocycles. The van der Waals surface area contributed by atoms with Gasteiger partial charge in [-0.15, -0.1) is 0 Å². The predicted molar refractivity (Wildman–Crippen MR) is 109 cm³/mol. The molecule has 2 aromatic rings. The van der Waals surface area contributed by atoms with Crippen LogP contribution in [0.3, 0.4) is 0 Å². The minimum absolute atomic E-state index is 0.0444. The number of piperazine rings is 1. The summed E-state index contributed by atoms with van der Waals surface area (Å²) < 4.78 is 7.20. The Hall–Kier alpha value is -2.83. The summed E-state index contributed by atoms with van der Waals surface area (Å²) in [7, 11) is 0. The van der Waals surface area contributed by atoms with Crippen molar-refractivity contribution in [2.24, 2.45) is 0 Å². The zero-order valence-corrected chi connectivity index (χ0v) is 17.3. The number of nitrogens with zero attached hydrogens (tertiary/aromatic N) is 4. The highest BCUT2D eigenvalue weighted by atomic mass is 16.6. The van der Waals surface area contributed by atoms with E-state index in [9.17, 15) is 9.59 Å². The second-order valence-corrected chi connectivity index (χ2v) is 8.74. The van der Waals surface area contributed by atoms with E-state index in [0.29, 0.717) is 37.8 Å². The lowest BCUT2D eigenvalue weighted by Gasteiger charge is -2.35. The lowest BCUT2D eigenvalue weighted by molar-refractivity contribution is 0.0139. The Labute approximate surface area is 171 Å². The summed E-state index contributed by atoms with van der Waals surface area (Å²) in [4.78, 5) is 29.0. The first-order valence-corrected chi connectivity index (χ1v) is 10.2. The molecule has 29 heavy (non-hydrogen) atoms. The van der Waals surface area contributed by atoms with Crippen LogP contribution in [0.4, 0.5) is 4.79 Å². The van der Waals surface area contributed by atoms with E-state index in [1.165, 1.54) is 0 Å². The smallest absolute Gasteiger partial charge is 0.410 e. The van der Waals surface area contributed by atoms with Crippen molar-refractivity contribution >= 4 is 12.0 Å². The van der Waals surface area contributed by atoms with Crippen LogP contribution in [-0.2, 0) is 4.74 Å². The maximum Gasteiger partial charge on any atom is 0.410 e. The number of hydrogen-bond donors (Lipinski definition) is 0. The number of rotatable bonds is 3. The molecular formula is C22H28N4O3. The maximum atomic E-state index is 13.3. The Kier molecular flexibility index (Phi) is 5.06. The van der Waals surface area contributed by atoms with Gasteiger partial charge < -0.3 is 14.5 Å². The zero-order chi connectivity index (χ0) is 20.6. The third kappa shape index (κ3) is 4.44. The van der Waals surface area contributed by atoms with E-state index in [2.05, 4.69) is 0 Å². The van der Waals surface area contributed by atoms with Crippen molar-refractivity contribution in [2.75, 3.05) is 26.2 Å². The summed E-state index contributed by atoms with van der Waals surface area (Å²) in [5.74, 6) is 0.424. The second kappa shape index (κ2) is 7.54. The fraction of sp³-hybridized carbons (Fsp3) is 0.500. The van der Waals surface area contributed by atoms with Crippen molar-refractivity contribution in [1.82, 2.24) is 19.6 Å². The van der Waals surface area contributed by atoms with E-state index in [0.717, 1.165) is 24.2 Å². The van der Waals surface area contributed by atoms with Gasteiger partial charge in [-0.05, 0) is 51.8 Å². The van der Waals surface area contributed by atoms with Crippen molar-refractivity contribution in [3.8, 4) is 5.69 Å². The average Bonchev–Trinajstić information content (AvgIpc) is 3.45. The first-order valence-electron chi connectivity index (χ1n) is 10.2. The molecule has 1 saturated carbocycles. The molecule has 0 N–H and O–H groups in total. The van der Waals surface area contributed by atoms with E-state index >= 15 is 0 Å². The topological polar surface area (TPSA) is 67.7 Å². The van der Waals surface area contributed by atoms with Crippen LogP contribution >= 0.6 is 0 Å². The first-order chi connectivity index (χ1) is 13.8. The summed E-state index contributed by atoms with van der Waals surface area (Å²) in [5.41, 5.74) is 1.94. The molecule has 4 rings (SSSR count). The third-order valence-electron chi connectivity index (χ3n) is 5.16. The van der Waals surface area contributed by atoms with Gasteiger partial charge in [0.2, 0.25) is 0 Å². The van der Waals surface area contributed by atoms with Crippen LogP contribution in [0, 0.1) is 0 Å². The van der Waals surface area contributed by atoms with Gasteiger partial charge in [-0.2, -0.15) is 5.10 Å². The molecule has 1 saturated heterocycles. The number of para-hydroxylation sites is 1. The van der Waals surface area contributed by atoms with E-state index in [1.807, 2.05) is 57.2 Å². The molecule has 1 aliphatic carbocycles. The maximum absolute atomic E-state index is 13.3. The van der Waals surface area contributed by atoms with Crippen LogP contribution in [0.25, 0.3) is 5.69 Å². The van der Waals surface area contributed by atoms with Gasteiger partial charge in [0.05, 0.1) is 11.4 Å². The lowest BCUT2D eigenvalue weighted by atomic mass is 10.2. The molecule has 0 atom stereocenters. The van der Waals surface area contributed by atoms with Gasteiger partial charge in [0.25, 0.3) is 5.91 Å². The summed E-state index contributed by atoms with van der Waals surface area (Å²) in [6.45, 7) is 7.46. The summed E-state index contributed by atoms with van der Waals surface area (Å²) >= 11 is 0. The Morgan fingerprint density at radius 2 is 1.62 bits per heavy atom. The van der Waals surface area contributed by atoms with Gasteiger partial charge in [-0.3, -0.25) is 4.79 Å². The van der Waals surface area contributed by atoms with Gasteiger partial charge >= 0.3 is 6.09 Å². The fourth-order valence-electron chi connectivity index (χ4n) is 3.48. The van der Waals surface area contributed by atoms with E-state index in [-0.39, 0.29) is 12.0 Å². The van der Waals surface area contributed by atoms with Crippen LogP contribution in [-0.4, -0.2) is 63.4 Å². The third-order valence-corrected chi connectivity index (χ3v) is 5.16. The molecule has 1 aromatic carbocycles. The summed E-state index contributed by atoms with van der Waals surface area (Å²) in [5, 5.41) is 4.73. The number of benzene rings is 1. The van der Waals surface area contributed by atoms with Crippen molar-refractivity contribution < 1.29 is 14.3 Å². The largest absolute Gasteiger partial charge is 0.444 e. The molecule has 2 fully saturated rings. The number of carbonyl (C=O) groups excluding carboxylic acids is 2. The number of aromatic nitrogens is 2. The van der Waals surface area contributed by atoms with Crippen LogP contribution in [0.2, 0.25) is 0 Å². The van der Waals surface area contributed by atoms with Crippen molar-refractivity contribution in [3.63, 3.8) is 0 Å². The van der Waals surface area contributed by atoms with E-state index < -0.39 is 5.60 Å². The van der Waals surface area contributed by atoms with Crippen LogP contribution < -0.4 is 0 Å². The average molecular weight is 396 g/mol. The van der Waals surface area contributed by atoms with Crippen LogP contribution in [0.15, 0.2) is 36.4 Å². The minimum Gasteiger partial charge on any atom is -0.444 e. The minimum atomic E-state index is -0.522. The monoisotopic (exact) mass is 396 g/mol. The van der Waals surface area contributed by atoms with Crippen molar-refractivity contribution in [3.05, 3.63) is 47.8 Å². The Bertz CT molecular complexity index is 889. The van der Waals surface area contributed by atoms with Crippen LogP contribution in [0.5, 0.6) is 0 Å². The van der Waals surface area contributed by atoms with Crippen molar-refractivity contribution in [2.45, 2.75) is 45.1 Å². The quantitative estimate of drug-likeness (QED) is 0.797. The molecule has 2 aliphatic rings. The highest BCUT2D eigenvalue weighted by Crippen LogP contribution is 2.39. The normalized spacial score (nSPS) is 17.3. The molecule has 7 nitrogen and oxygen atoms in total. The molecular weight excluding hydrogens is 368 g/mol. The molecule has 1 aliphatic heterocycles. The van der Waals surface area contributed by atoms with Crippen molar-refractivity contribution in [1.29, 1.82) is 0 Å². The van der Waals surface area contributed by atoms with Crippen LogP contribution in [0.1, 0.15) is 55.7 Å². The number of carbonyl (C=O) groups is 2.